The van der Waals surface area contributed by atoms with Crippen LogP contribution in [0.1, 0.15) is 11.1 Å². The van der Waals surface area contributed by atoms with Crippen molar-refractivity contribution in [2.24, 2.45) is 5.73 Å². The predicted molar refractivity (Wildman–Crippen MR) is 53.9 cm³/mol. The molecule has 0 radical (unpaired) electrons. The topological polar surface area (TPSA) is 52.0 Å². The molecular formula is C10H11F3N2. The van der Waals surface area contributed by atoms with E-state index in [0.717, 1.165) is 6.07 Å². The first kappa shape index (κ1) is 11.6. The number of rotatable bonds is 2. The van der Waals surface area contributed by atoms with Crippen LogP contribution in [0.5, 0.6) is 0 Å². The highest BCUT2D eigenvalue weighted by molar-refractivity contribution is 5.59. The molecule has 1 rings (SSSR count). The van der Waals surface area contributed by atoms with Crippen molar-refractivity contribution < 1.29 is 13.2 Å². The first-order chi connectivity index (χ1) is 6.95. The van der Waals surface area contributed by atoms with Crippen molar-refractivity contribution >= 4 is 11.8 Å². The number of benzene rings is 1. The summed E-state index contributed by atoms with van der Waals surface area (Å²) in [5, 5.41) is 0. The van der Waals surface area contributed by atoms with Gasteiger partial charge in [-0.05, 0) is 17.7 Å². The van der Waals surface area contributed by atoms with Gasteiger partial charge in [-0.25, -0.2) is 0 Å². The van der Waals surface area contributed by atoms with E-state index in [1.165, 1.54) is 12.1 Å². The van der Waals surface area contributed by atoms with E-state index in [2.05, 4.69) is 0 Å². The smallest absolute Gasteiger partial charge is 0.398 e. The summed E-state index contributed by atoms with van der Waals surface area (Å²) >= 11 is 0. The van der Waals surface area contributed by atoms with Crippen LogP contribution < -0.4 is 11.5 Å². The van der Waals surface area contributed by atoms with Gasteiger partial charge >= 0.3 is 6.18 Å². The maximum atomic E-state index is 12.3. The minimum Gasteiger partial charge on any atom is -0.398 e. The average molecular weight is 216 g/mol. The summed E-state index contributed by atoms with van der Waals surface area (Å²) in [6.07, 6.45) is -1.14. The number of nitrogens with two attached hydrogens (primary N) is 2. The van der Waals surface area contributed by atoms with Crippen LogP contribution in [0.3, 0.4) is 0 Å². The van der Waals surface area contributed by atoms with Gasteiger partial charge < -0.3 is 11.5 Å². The van der Waals surface area contributed by atoms with Crippen molar-refractivity contribution in [3.63, 3.8) is 0 Å². The van der Waals surface area contributed by atoms with E-state index in [9.17, 15) is 13.2 Å². The van der Waals surface area contributed by atoms with Crippen molar-refractivity contribution in [2.45, 2.75) is 6.18 Å². The van der Waals surface area contributed by atoms with Crippen LogP contribution in [0.25, 0.3) is 6.08 Å². The average Bonchev–Trinajstić information content (AvgIpc) is 2.12. The second kappa shape index (κ2) is 4.35. The molecule has 82 valence electrons. The monoisotopic (exact) mass is 216 g/mol. The summed E-state index contributed by atoms with van der Waals surface area (Å²) in [5.41, 5.74) is 10.0. The third-order valence-electron chi connectivity index (χ3n) is 1.83. The van der Waals surface area contributed by atoms with Crippen molar-refractivity contribution in [2.75, 3.05) is 12.3 Å². The zero-order valence-electron chi connectivity index (χ0n) is 7.88. The number of nitrogen functional groups attached to an aromatic ring is 1. The lowest BCUT2D eigenvalue weighted by molar-refractivity contribution is -0.136. The van der Waals surface area contributed by atoms with Crippen molar-refractivity contribution in [1.29, 1.82) is 0 Å². The molecule has 0 aliphatic carbocycles. The lowest BCUT2D eigenvalue weighted by Crippen LogP contribution is -2.08. The molecule has 0 unspecified atom stereocenters. The zero-order valence-corrected chi connectivity index (χ0v) is 7.88. The van der Waals surface area contributed by atoms with E-state index in [0.29, 0.717) is 12.1 Å². The summed E-state index contributed by atoms with van der Waals surface area (Å²) in [5.74, 6) is 0. The first-order valence-corrected chi connectivity index (χ1v) is 4.28. The molecule has 0 aromatic heterocycles. The third-order valence-corrected chi connectivity index (χ3v) is 1.83. The van der Waals surface area contributed by atoms with E-state index in [-0.39, 0.29) is 5.69 Å². The fourth-order valence-corrected chi connectivity index (χ4v) is 1.15. The van der Waals surface area contributed by atoms with E-state index in [1.807, 2.05) is 0 Å². The molecule has 2 nitrogen and oxygen atoms in total. The Hall–Kier alpha value is -1.49. The fourth-order valence-electron chi connectivity index (χ4n) is 1.15. The van der Waals surface area contributed by atoms with Crippen LogP contribution in [-0.2, 0) is 6.18 Å². The molecule has 1 aromatic rings. The fraction of sp³-hybridized carbons (Fsp3) is 0.200. The number of halogens is 3. The third kappa shape index (κ3) is 2.99. The Morgan fingerprint density at radius 2 is 1.93 bits per heavy atom. The molecule has 15 heavy (non-hydrogen) atoms. The van der Waals surface area contributed by atoms with Gasteiger partial charge in [-0.1, -0.05) is 18.2 Å². The molecule has 0 bridgehead atoms. The van der Waals surface area contributed by atoms with Gasteiger partial charge in [0.15, 0.2) is 0 Å². The highest BCUT2D eigenvalue weighted by atomic mass is 19.4. The molecule has 5 heteroatoms. The molecule has 0 aliphatic rings. The van der Waals surface area contributed by atoms with Gasteiger partial charge in [-0.2, -0.15) is 13.2 Å². The van der Waals surface area contributed by atoms with Crippen LogP contribution in [0, 0.1) is 0 Å². The largest absolute Gasteiger partial charge is 0.418 e. The minimum atomic E-state index is -4.40. The SMILES string of the molecule is NCC=Cc1ccc(C(F)(F)F)c(N)c1. The molecule has 0 heterocycles. The quantitative estimate of drug-likeness (QED) is 0.745. The molecule has 0 atom stereocenters. The zero-order chi connectivity index (χ0) is 11.5. The Bertz CT molecular complexity index is 369. The van der Waals surface area contributed by atoms with Crippen LogP contribution in [-0.4, -0.2) is 6.54 Å². The number of anilines is 1. The van der Waals surface area contributed by atoms with E-state index >= 15 is 0 Å². The highest BCUT2D eigenvalue weighted by Gasteiger charge is 2.32. The lowest BCUT2D eigenvalue weighted by atomic mass is 10.1. The Morgan fingerprint density at radius 3 is 2.40 bits per heavy atom. The number of hydrogen-bond donors (Lipinski definition) is 2. The maximum absolute atomic E-state index is 12.3. The molecule has 0 amide bonds. The lowest BCUT2D eigenvalue weighted by Gasteiger charge is -2.09. The van der Waals surface area contributed by atoms with Crippen molar-refractivity contribution in [3.05, 3.63) is 35.4 Å². The molecule has 0 aliphatic heterocycles. The number of hydrogen-bond acceptors (Lipinski definition) is 2. The normalized spacial score (nSPS) is 12.3. The second-order valence-corrected chi connectivity index (χ2v) is 2.98. The van der Waals surface area contributed by atoms with Crippen LogP contribution >= 0.6 is 0 Å². The van der Waals surface area contributed by atoms with E-state index < -0.39 is 11.7 Å². The minimum absolute atomic E-state index is 0.276. The van der Waals surface area contributed by atoms with Gasteiger partial charge in [0.2, 0.25) is 0 Å². The maximum Gasteiger partial charge on any atom is 0.418 e. The van der Waals surface area contributed by atoms with Crippen LogP contribution in [0.15, 0.2) is 24.3 Å². The standard InChI is InChI=1S/C10H11F3N2/c11-10(12,13)8-4-3-7(2-1-5-14)6-9(8)15/h1-4,6H,5,14-15H2. The van der Waals surface area contributed by atoms with E-state index in [1.54, 1.807) is 12.2 Å². The van der Waals surface area contributed by atoms with Gasteiger partial charge in [0, 0.05) is 12.2 Å². The van der Waals surface area contributed by atoms with Crippen LogP contribution in [0.2, 0.25) is 0 Å². The first-order valence-electron chi connectivity index (χ1n) is 4.28. The summed E-state index contributed by atoms with van der Waals surface area (Å²) in [6.45, 7) is 0.334. The Kier molecular flexibility index (Phi) is 3.36. The Labute approximate surface area is 85.4 Å². The van der Waals surface area contributed by atoms with Gasteiger partial charge in [-0.3, -0.25) is 0 Å². The summed E-state index contributed by atoms with van der Waals surface area (Å²) in [7, 11) is 0. The molecule has 0 saturated carbocycles. The van der Waals surface area contributed by atoms with Crippen molar-refractivity contribution in [1.82, 2.24) is 0 Å². The molecule has 0 saturated heterocycles. The van der Waals surface area contributed by atoms with Gasteiger partial charge in [-0.15, -0.1) is 0 Å². The van der Waals surface area contributed by atoms with Crippen molar-refractivity contribution in [3.8, 4) is 0 Å². The summed E-state index contributed by atoms with van der Waals surface area (Å²) in [6, 6.07) is 3.59. The van der Waals surface area contributed by atoms with Gasteiger partial charge in [0.1, 0.15) is 0 Å². The Balaban J connectivity index is 3.04. The highest BCUT2D eigenvalue weighted by Crippen LogP contribution is 2.33. The van der Waals surface area contributed by atoms with Gasteiger partial charge in [0.25, 0.3) is 0 Å². The Morgan fingerprint density at radius 1 is 1.27 bits per heavy atom. The second-order valence-electron chi connectivity index (χ2n) is 2.98. The molecule has 0 spiro atoms. The van der Waals surface area contributed by atoms with E-state index in [4.69, 9.17) is 11.5 Å². The molecular weight excluding hydrogens is 205 g/mol. The summed E-state index contributed by atoms with van der Waals surface area (Å²) in [4.78, 5) is 0. The molecule has 0 fully saturated rings. The molecule has 1 aromatic carbocycles. The predicted octanol–water partition coefficient (Wildman–Crippen LogP) is 2.26. The molecule has 4 N–H and O–H groups in total. The number of alkyl halides is 3. The van der Waals surface area contributed by atoms with Gasteiger partial charge in [0.05, 0.1) is 5.56 Å². The van der Waals surface area contributed by atoms with Crippen LogP contribution in [0.4, 0.5) is 18.9 Å². The summed E-state index contributed by atoms with van der Waals surface area (Å²) < 4.78 is 36.9.